The van der Waals surface area contributed by atoms with Crippen molar-refractivity contribution < 1.29 is 8.83 Å². The fraction of sp³-hybridized carbons (Fsp3) is 0. The van der Waals surface area contributed by atoms with Crippen molar-refractivity contribution in [1.29, 1.82) is 0 Å². The quantitative estimate of drug-likeness (QED) is 0.182. The van der Waals surface area contributed by atoms with Gasteiger partial charge in [-0.3, -0.25) is 0 Å². The molecule has 0 aliphatic heterocycles. The van der Waals surface area contributed by atoms with Crippen LogP contribution in [-0.2, 0) is 0 Å². The summed E-state index contributed by atoms with van der Waals surface area (Å²) in [6, 6.07) is 58.3. The van der Waals surface area contributed by atoms with Crippen LogP contribution in [0.3, 0.4) is 0 Å². The van der Waals surface area contributed by atoms with Crippen molar-refractivity contribution in [2.45, 2.75) is 0 Å². The Morgan fingerprint density at radius 1 is 0.382 bits per heavy atom. The fourth-order valence-corrected chi connectivity index (χ4v) is 8.44. The topological polar surface area (TPSA) is 69.9 Å². The molecule has 0 N–H and O–H groups in total. The van der Waals surface area contributed by atoms with Crippen molar-refractivity contribution in [3.8, 4) is 39.9 Å². The smallest absolute Gasteiger partial charge is 0.167 e. The first kappa shape index (κ1) is 29.9. The van der Waals surface area contributed by atoms with Crippen molar-refractivity contribution >= 4 is 76.5 Å². The lowest BCUT2D eigenvalue weighted by Crippen LogP contribution is -2.00. The molecular formula is C49H28N4O2. The number of rotatable bonds is 4. The molecule has 0 saturated carbocycles. The lowest BCUT2D eigenvalue weighted by atomic mass is 9.99. The van der Waals surface area contributed by atoms with E-state index >= 15 is 0 Å². The maximum Gasteiger partial charge on any atom is 0.167 e. The molecule has 0 atom stereocenters. The molecule has 4 heterocycles. The van der Waals surface area contributed by atoms with Gasteiger partial charge in [0, 0.05) is 43.4 Å². The van der Waals surface area contributed by atoms with Crippen molar-refractivity contribution in [1.82, 2.24) is 19.5 Å². The Hall–Kier alpha value is -7.57. The van der Waals surface area contributed by atoms with E-state index in [1.807, 2.05) is 72.8 Å². The minimum atomic E-state index is 0.551. The van der Waals surface area contributed by atoms with E-state index in [2.05, 4.69) is 102 Å². The highest BCUT2D eigenvalue weighted by molar-refractivity contribution is 6.28. The summed E-state index contributed by atoms with van der Waals surface area (Å²) in [6.45, 7) is 0. The molecule has 0 unspecified atom stereocenters. The Balaban J connectivity index is 1.19. The minimum absolute atomic E-state index is 0.551. The molecule has 0 saturated heterocycles. The normalized spacial score (nSPS) is 12.0. The molecular weight excluding hydrogens is 677 g/mol. The number of hydrogen-bond donors (Lipinski definition) is 0. The molecule has 12 rings (SSSR count). The van der Waals surface area contributed by atoms with E-state index in [0.29, 0.717) is 17.5 Å². The molecule has 256 valence electrons. The van der Waals surface area contributed by atoms with Crippen LogP contribution in [0.25, 0.3) is 116 Å². The molecule has 6 heteroatoms. The SMILES string of the molecule is c1ccc(-c2nc(-c3ccccc3)nc(-c3cc4ccccc4c4c3oc3c(-n5c6ccccc6c6c7c(ccc65)oc5ccccc57)cccc34)n2)cc1. The largest absolute Gasteiger partial charge is 0.456 e. The van der Waals surface area contributed by atoms with E-state index in [4.69, 9.17) is 23.8 Å². The molecule has 0 radical (unpaired) electrons. The molecule has 55 heavy (non-hydrogen) atoms. The minimum Gasteiger partial charge on any atom is -0.456 e. The summed E-state index contributed by atoms with van der Waals surface area (Å²) in [4.78, 5) is 15.2. The van der Waals surface area contributed by atoms with E-state index in [9.17, 15) is 0 Å². The maximum atomic E-state index is 7.19. The van der Waals surface area contributed by atoms with Crippen LogP contribution < -0.4 is 0 Å². The standard InChI is InChI=1S/C49H28N4O2/c1-3-14-29(15-4-1)47-50-48(30-16-5-2-6-17-30)52-49(51-47)36-28-31-18-7-8-19-32(31)42-35-22-13-24-39(45(35)55-46(36)42)53-37-23-11-9-20-33(37)43-38(53)26-27-41-44(43)34-21-10-12-25-40(34)54-41/h1-28H. The first-order valence-corrected chi connectivity index (χ1v) is 18.4. The third-order valence-electron chi connectivity index (χ3n) is 10.8. The number of fused-ring (bicyclic) bond motifs is 12. The average Bonchev–Trinajstić information content (AvgIpc) is 3.94. The number of nitrogens with zero attached hydrogens (tertiary/aromatic N) is 4. The first-order valence-electron chi connectivity index (χ1n) is 18.4. The van der Waals surface area contributed by atoms with Crippen LogP contribution in [0.5, 0.6) is 0 Å². The van der Waals surface area contributed by atoms with Gasteiger partial charge in [-0.2, -0.15) is 0 Å². The van der Waals surface area contributed by atoms with Gasteiger partial charge in [-0.1, -0.05) is 133 Å². The number of aromatic nitrogens is 4. The maximum absolute atomic E-state index is 7.19. The van der Waals surface area contributed by atoms with Crippen LogP contribution in [0.15, 0.2) is 179 Å². The van der Waals surface area contributed by atoms with Gasteiger partial charge < -0.3 is 13.4 Å². The third-order valence-corrected chi connectivity index (χ3v) is 10.8. The summed E-state index contributed by atoms with van der Waals surface area (Å²) in [5.41, 5.74) is 9.03. The predicted octanol–water partition coefficient (Wildman–Crippen LogP) is 12.9. The molecule has 0 aliphatic carbocycles. The summed E-state index contributed by atoms with van der Waals surface area (Å²) in [6.07, 6.45) is 0. The van der Waals surface area contributed by atoms with Crippen LogP contribution in [-0.4, -0.2) is 19.5 Å². The highest BCUT2D eigenvalue weighted by Crippen LogP contribution is 2.45. The second kappa shape index (κ2) is 11.5. The zero-order valence-electron chi connectivity index (χ0n) is 29.3. The number of hydrogen-bond acceptors (Lipinski definition) is 5. The third kappa shape index (κ3) is 4.39. The van der Waals surface area contributed by atoms with Gasteiger partial charge in [-0.15, -0.1) is 0 Å². The molecule has 6 nitrogen and oxygen atoms in total. The Bertz CT molecular complexity index is 3430. The summed E-state index contributed by atoms with van der Waals surface area (Å²) in [5.74, 6) is 1.76. The van der Waals surface area contributed by atoms with Crippen LogP contribution in [0.1, 0.15) is 0 Å². The number of benzene rings is 8. The van der Waals surface area contributed by atoms with E-state index in [0.717, 1.165) is 98.8 Å². The Morgan fingerprint density at radius 2 is 1.02 bits per heavy atom. The predicted molar refractivity (Wildman–Crippen MR) is 223 cm³/mol. The van der Waals surface area contributed by atoms with Crippen molar-refractivity contribution in [2.75, 3.05) is 0 Å². The fourth-order valence-electron chi connectivity index (χ4n) is 8.44. The molecule has 0 aliphatic rings. The van der Waals surface area contributed by atoms with Gasteiger partial charge >= 0.3 is 0 Å². The lowest BCUT2D eigenvalue weighted by molar-refractivity contribution is 0.667. The van der Waals surface area contributed by atoms with E-state index in [1.165, 1.54) is 0 Å². The molecule has 12 aromatic rings. The number of para-hydroxylation sites is 3. The lowest BCUT2D eigenvalue weighted by Gasteiger charge is -2.10. The van der Waals surface area contributed by atoms with Gasteiger partial charge in [-0.25, -0.2) is 15.0 Å². The summed E-state index contributed by atoms with van der Waals surface area (Å²) in [5, 5.41) is 8.76. The monoisotopic (exact) mass is 704 g/mol. The molecule has 0 bridgehead atoms. The average molecular weight is 705 g/mol. The van der Waals surface area contributed by atoms with Gasteiger partial charge in [0.25, 0.3) is 0 Å². The van der Waals surface area contributed by atoms with Crippen molar-refractivity contribution in [3.63, 3.8) is 0 Å². The van der Waals surface area contributed by atoms with Gasteiger partial charge in [0.2, 0.25) is 0 Å². The highest BCUT2D eigenvalue weighted by Gasteiger charge is 2.24. The zero-order valence-corrected chi connectivity index (χ0v) is 29.3. The highest BCUT2D eigenvalue weighted by atomic mass is 16.3. The van der Waals surface area contributed by atoms with Gasteiger partial charge in [-0.05, 0) is 47.2 Å². The van der Waals surface area contributed by atoms with Gasteiger partial charge in [0.15, 0.2) is 23.1 Å². The van der Waals surface area contributed by atoms with Crippen molar-refractivity contribution in [3.05, 3.63) is 170 Å². The molecule has 0 fully saturated rings. The van der Waals surface area contributed by atoms with E-state index in [-0.39, 0.29) is 0 Å². The molecule has 0 spiro atoms. The van der Waals surface area contributed by atoms with Crippen molar-refractivity contribution in [2.24, 2.45) is 0 Å². The molecule has 0 amide bonds. The Labute approximate surface area is 313 Å². The van der Waals surface area contributed by atoms with E-state index in [1.54, 1.807) is 0 Å². The van der Waals surface area contributed by atoms with Gasteiger partial charge in [0.1, 0.15) is 16.7 Å². The van der Waals surface area contributed by atoms with Crippen LogP contribution in [0.4, 0.5) is 0 Å². The van der Waals surface area contributed by atoms with E-state index < -0.39 is 0 Å². The second-order valence-electron chi connectivity index (χ2n) is 13.9. The Kier molecular flexibility index (Phi) is 6.24. The first-order chi connectivity index (χ1) is 27.3. The van der Waals surface area contributed by atoms with Crippen LogP contribution >= 0.6 is 0 Å². The zero-order chi connectivity index (χ0) is 36.0. The number of furan rings is 2. The molecule has 4 aromatic heterocycles. The van der Waals surface area contributed by atoms with Crippen LogP contribution in [0.2, 0.25) is 0 Å². The summed E-state index contributed by atoms with van der Waals surface area (Å²) < 4.78 is 15.9. The Morgan fingerprint density at radius 3 is 1.80 bits per heavy atom. The second-order valence-corrected chi connectivity index (χ2v) is 13.9. The summed E-state index contributed by atoms with van der Waals surface area (Å²) in [7, 11) is 0. The van der Waals surface area contributed by atoms with Gasteiger partial charge in [0.05, 0.1) is 22.3 Å². The van der Waals surface area contributed by atoms with Crippen LogP contribution in [0, 0.1) is 0 Å². The molecule has 8 aromatic carbocycles. The summed E-state index contributed by atoms with van der Waals surface area (Å²) >= 11 is 0.